The van der Waals surface area contributed by atoms with E-state index in [0.717, 1.165) is 52.2 Å². The molecule has 42 heavy (non-hydrogen) atoms. The van der Waals surface area contributed by atoms with E-state index in [1.54, 1.807) is 17.0 Å². The monoisotopic (exact) mass is 582 g/mol. The summed E-state index contributed by atoms with van der Waals surface area (Å²) in [5.74, 6) is 0.490. The summed E-state index contributed by atoms with van der Waals surface area (Å²) in [5, 5.41) is 1.63. The zero-order valence-corrected chi connectivity index (χ0v) is 24.3. The summed E-state index contributed by atoms with van der Waals surface area (Å²) in [6.45, 7) is 3.02. The molecule has 1 aliphatic carbocycles. The summed E-state index contributed by atoms with van der Waals surface area (Å²) in [5.41, 5.74) is 4.75. The van der Waals surface area contributed by atoms with Crippen LogP contribution >= 0.6 is 0 Å². The Bertz CT molecular complexity index is 1600. The molecule has 5 rings (SSSR count). The fourth-order valence-electron chi connectivity index (χ4n) is 5.17. The number of rotatable bonds is 14. The molecule has 0 bridgehead atoms. The largest absolute Gasteiger partial charge is 0.449 e. The Kier molecular flexibility index (Phi) is 8.72. The van der Waals surface area contributed by atoms with Gasteiger partial charge in [-0.1, -0.05) is 12.1 Å². The normalized spacial score (nSPS) is 14.0. The van der Waals surface area contributed by atoms with E-state index in [9.17, 15) is 18.4 Å². The number of likely N-dealkylation sites (N-methyl/N-ethyl adjacent to an activating group) is 1. The predicted molar refractivity (Wildman–Crippen MR) is 154 cm³/mol. The molecular weight excluding hydrogens is 546 g/mol. The third-order valence-corrected chi connectivity index (χ3v) is 7.76. The number of alkyl halides is 2. The number of fused-ring (bicyclic) bond motifs is 2. The summed E-state index contributed by atoms with van der Waals surface area (Å²) < 4.78 is 37.1. The highest BCUT2D eigenvalue weighted by molar-refractivity contribution is 5.92. The highest BCUT2D eigenvalue weighted by Crippen LogP contribution is 2.39. The lowest BCUT2D eigenvalue weighted by molar-refractivity contribution is -0.183. The van der Waals surface area contributed by atoms with Gasteiger partial charge in [-0.2, -0.15) is 4.39 Å². The number of halogens is 2. The lowest BCUT2D eigenvalue weighted by atomic mass is 10.1. The minimum absolute atomic E-state index is 0.257. The second-order valence-corrected chi connectivity index (χ2v) is 10.8. The van der Waals surface area contributed by atoms with Crippen molar-refractivity contribution in [3.05, 3.63) is 41.6 Å². The van der Waals surface area contributed by atoms with E-state index in [1.165, 1.54) is 14.2 Å². The zero-order valence-electron chi connectivity index (χ0n) is 24.3. The molecule has 1 unspecified atom stereocenters. The Hall–Kier alpha value is -4.06. The maximum Gasteiger partial charge on any atom is 0.320 e. The van der Waals surface area contributed by atoms with Gasteiger partial charge in [0.15, 0.2) is 11.5 Å². The standard InChI is InChI=1S/C30H36F2N6O4/c1-19-15-23-28(33-22(19)11-14-37(18-39)13-6-12-31)35(2)29(34-23)24-16-21-7-5-8-25(26(21)38(24)17-20-9-10-20)42-27(32)30(40)36(3)41-4/h5,7-8,15-16,18,20,27H,6,9-14,17H2,1-4H3. The molecule has 1 fully saturated rings. The Morgan fingerprint density at radius 1 is 1.24 bits per heavy atom. The van der Waals surface area contributed by atoms with Crippen LogP contribution < -0.4 is 4.74 Å². The van der Waals surface area contributed by atoms with Crippen molar-refractivity contribution in [1.29, 1.82) is 0 Å². The van der Waals surface area contributed by atoms with Crippen molar-refractivity contribution >= 4 is 34.4 Å². The van der Waals surface area contributed by atoms with Gasteiger partial charge in [-0.25, -0.2) is 15.0 Å². The molecule has 0 aliphatic heterocycles. The van der Waals surface area contributed by atoms with Crippen LogP contribution in [0.2, 0.25) is 0 Å². The molecule has 0 N–H and O–H groups in total. The molecule has 3 heterocycles. The molecule has 1 atom stereocenters. The first-order chi connectivity index (χ1) is 20.2. The minimum Gasteiger partial charge on any atom is -0.449 e. The summed E-state index contributed by atoms with van der Waals surface area (Å²) >= 11 is 0. The Balaban J connectivity index is 1.53. The third-order valence-electron chi connectivity index (χ3n) is 7.76. The molecule has 1 saturated carbocycles. The van der Waals surface area contributed by atoms with E-state index in [4.69, 9.17) is 19.5 Å². The van der Waals surface area contributed by atoms with E-state index in [1.807, 2.05) is 36.7 Å². The van der Waals surface area contributed by atoms with Gasteiger partial charge in [0.25, 0.3) is 0 Å². The molecule has 0 saturated heterocycles. The average Bonchev–Trinajstić information content (AvgIpc) is 3.66. The number of nitrogens with zero attached hydrogens (tertiary/aromatic N) is 6. The topological polar surface area (TPSA) is 94.7 Å². The maximum absolute atomic E-state index is 14.9. The van der Waals surface area contributed by atoms with Crippen molar-refractivity contribution in [2.75, 3.05) is 33.9 Å². The van der Waals surface area contributed by atoms with Gasteiger partial charge in [0, 0.05) is 51.2 Å². The van der Waals surface area contributed by atoms with Crippen LogP contribution in [0.1, 0.15) is 30.5 Å². The lowest BCUT2D eigenvalue weighted by Crippen LogP contribution is -2.36. The molecule has 1 aromatic carbocycles. The van der Waals surface area contributed by atoms with E-state index in [0.29, 0.717) is 55.4 Å². The van der Waals surface area contributed by atoms with Crippen LogP contribution in [0.4, 0.5) is 8.78 Å². The number of hydrogen-bond donors (Lipinski definition) is 0. The number of ether oxygens (including phenoxy) is 1. The molecule has 10 nitrogen and oxygen atoms in total. The first-order valence-electron chi connectivity index (χ1n) is 14.1. The lowest BCUT2D eigenvalue weighted by Gasteiger charge is -2.18. The number of hydrogen-bond acceptors (Lipinski definition) is 6. The van der Waals surface area contributed by atoms with Gasteiger partial charge < -0.3 is 18.8 Å². The third kappa shape index (κ3) is 5.94. The molecule has 1 aliphatic rings. The number of carbonyl (C=O) groups excluding carboxylic acids is 2. The maximum atomic E-state index is 14.9. The summed E-state index contributed by atoms with van der Waals surface area (Å²) in [6, 6.07) is 9.34. The number of benzene rings is 1. The van der Waals surface area contributed by atoms with E-state index < -0.39 is 18.9 Å². The molecule has 3 aromatic heterocycles. The molecule has 2 amide bonds. The highest BCUT2D eigenvalue weighted by Gasteiger charge is 2.29. The second kappa shape index (κ2) is 12.4. The van der Waals surface area contributed by atoms with Crippen molar-refractivity contribution < 1.29 is 27.9 Å². The number of amides is 2. The molecular formula is C30H36F2N6O4. The molecule has 12 heteroatoms. The van der Waals surface area contributed by atoms with E-state index >= 15 is 0 Å². The van der Waals surface area contributed by atoms with Crippen molar-refractivity contribution in [1.82, 2.24) is 29.1 Å². The summed E-state index contributed by atoms with van der Waals surface area (Å²) in [6.07, 6.45) is 1.56. The van der Waals surface area contributed by atoms with Crippen LogP contribution in [0.25, 0.3) is 33.6 Å². The minimum atomic E-state index is -2.23. The van der Waals surface area contributed by atoms with Crippen molar-refractivity contribution in [2.45, 2.75) is 45.5 Å². The van der Waals surface area contributed by atoms with E-state index in [2.05, 4.69) is 4.57 Å². The Morgan fingerprint density at radius 2 is 2.02 bits per heavy atom. The van der Waals surface area contributed by atoms with E-state index in [-0.39, 0.29) is 5.75 Å². The first-order valence-corrected chi connectivity index (χ1v) is 14.1. The summed E-state index contributed by atoms with van der Waals surface area (Å²) in [7, 11) is 4.51. The number of para-hydroxylation sites is 1. The average molecular weight is 583 g/mol. The van der Waals surface area contributed by atoms with Gasteiger partial charge in [0.05, 0.1) is 25.0 Å². The Labute approximate surface area is 242 Å². The zero-order chi connectivity index (χ0) is 30.0. The molecule has 0 radical (unpaired) electrons. The fourth-order valence-corrected chi connectivity index (χ4v) is 5.17. The van der Waals surface area contributed by atoms with Crippen molar-refractivity contribution in [2.24, 2.45) is 13.0 Å². The van der Waals surface area contributed by atoms with Gasteiger partial charge in [-0.05, 0) is 55.9 Å². The molecule has 224 valence electrons. The van der Waals surface area contributed by atoms with Crippen molar-refractivity contribution in [3.8, 4) is 17.3 Å². The quantitative estimate of drug-likeness (QED) is 0.162. The number of aromatic nitrogens is 4. The van der Waals surface area contributed by atoms with Crippen LogP contribution in [-0.2, 0) is 34.4 Å². The fraction of sp³-hybridized carbons (Fsp3) is 0.467. The first kappa shape index (κ1) is 29.4. The Morgan fingerprint density at radius 3 is 2.71 bits per heavy atom. The van der Waals surface area contributed by atoms with Crippen LogP contribution in [0, 0.1) is 12.8 Å². The number of aryl methyl sites for hydroxylation is 2. The summed E-state index contributed by atoms with van der Waals surface area (Å²) in [4.78, 5) is 40.0. The van der Waals surface area contributed by atoms with Gasteiger partial charge in [0.2, 0.25) is 6.41 Å². The van der Waals surface area contributed by atoms with Gasteiger partial charge in [0.1, 0.15) is 11.3 Å². The highest BCUT2D eigenvalue weighted by atomic mass is 19.1. The van der Waals surface area contributed by atoms with Gasteiger partial charge >= 0.3 is 12.3 Å². The number of hydroxylamine groups is 2. The number of imidazole rings is 1. The van der Waals surface area contributed by atoms with Gasteiger partial charge in [-0.15, -0.1) is 0 Å². The molecule has 0 spiro atoms. The van der Waals surface area contributed by atoms with Crippen LogP contribution in [0.15, 0.2) is 30.3 Å². The molecule has 4 aromatic rings. The number of pyridine rings is 1. The van der Waals surface area contributed by atoms with Crippen LogP contribution in [-0.4, -0.2) is 81.7 Å². The SMILES string of the molecule is CON(C)C(=O)C(F)Oc1cccc2cc(-c3nc4cc(C)c(CCN(C=O)CCCF)nc4n3C)n(CC3CC3)c12. The van der Waals surface area contributed by atoms with Crippen LogP contribution in [0.5, 0.6) is 5.75 Å². The van der Waals surface area contributed by atoms with Crippen molar-refractivity contribution in [3.63, 3.8) is 0 Å². The van der Waals surface area contributed by atoms with Crippen LogP contribution in [0.3, 0.4) is 0 Å². The predicted octanol–water partition coefficient (Wildman–Crippen LogP) is 4.36. The number of carbonyl (C=O) groups is 2. The van der Waals surface area contributed by atoms with Gasteiger partial charge in [-0.3, -0.25) is 18.8 Å². The second-order valence-electron chi connectivity index (χ2n) is 10.8. The smallest absolute Gasteiger partial charge is 0.320 e.